The largest absolute Gasteiger partial charge is 0.467 e. The number of nitrogens with zero attached hydrogens (tertiary/aromatic N) is 2. The van der Waals surface area contributed by atoms with Crippen LogP contribution in [-0.4, -0.2) is 52.1 Å². The summed E-state index contributed by atoms with van der Waals surface area (Å²) in [5.41, 5.74) is 6.57. The molecule has 4 aromatic carbocycles. The van der Waals surface area contributed by atoms with E-state index in [1.165, 1.54) is 7.11 Å². The van der Waals surface area contributed by atoms with E-state index in [1.54, 1.807) is 30.2 Å². The summed E-state index contributed by atoms with van der Waals surface area (Å²) in [4.78, 5) is 33.9. The van der Waals surface area contributed by atoms with Crippen molar-refractivity contribution in [2.45, 2.75) is 56.2 Å². The Balaban J connectivity index is 1.12. The summed E-state index contributed by atoms with van der Waals surface area (Å²) in [5, 5.41) is 15.9. The van der Waals surface area contributed by atoms with Crippen LogP contribution in [0.4, 0.5) is 4.79 Å². The number of carbonyl (C=O) groups is 2. The molecule has 52 heavy (non-hydrogen) atoms. The highest BCUT2D eigenvalue weighted by molar-refractivity contribution is 7.99. The molecule has 1 aliphatic rings. The van der Waals surface area contributed by atoms with Crippen LogP contribution in [0, 0.1) is 5.92 Å². The molecule has 0 radical (unpaired) electrons. The van der Waals surface area contributed by atoms with Crippen LogP contribution in [0.2, 0.25) is 0 Å². The summed E-state index contributed by atoms with van der Waals surface area (Å²) in [5.74, 6) is 0.190. The zero-order valence-corrected chi connectivity index (χ0v) is 29.9. The second-order valence-electron chi connectivity index (χ2n) is 12.6. The van der Waals surface area contributed by atoms with Crippen LogP contribution in [0.15, 0.2) is 127 Å². The maximum absolute atomic E-state index is 12.8. The van der Waals surface area contributed by atoms with Crippen molar-refractivity contribution in [3.05, 3.63) is 149 Å². The summed E-state index contributed by atoms with van der Waals surface area (Å²) < 4.78 is 18.1. The standard InChI is InChI=1S/C41H42N4O6S/c1-27-36(26-52-41-42-20-7-21-43-41)50-39(51-37(27)32-14-12-29(25-46)13-15-32)33-18-16-31(17-19-33)34-11-6-10-30(22-34)24-44-40(48)45-35(38(47)49-2)23-28-8-4-3-5-9-28/h3-22,27,35-37,39,46H,23-26H2,1-2H3,(H2,44,45,48). The van der Waals surface area contributed by atoms with Gasteiger partial charge in [0, 0.05) is 42.6 Å². The van der Waals surface area contributed by atoms with Crippen LogP contribution >= 0.6 is 11.8 Å². The molecule has 2 heterocycles. The molecule has 2 amide bonds. The number of benzene rings is 4. The van der Waals surface area contributed by atoms with E-state index in [0.29, 0.717) is 17.3 Å². The fourth-order valence-electron chi connectivity index (χ4n) is 6.10. The van der Waals surface area contributed by atoms with E-state index >= 15 is 0 Å². The number of hydrogen-bond acceptors (Lipinski definition) is 9. The molecule has 1 aromatic heterocycles. The minimum atomic E-state index is -0.813. The van der Waals surface area contributed by atoms with E-state index in [0.717, 1.165) is 38.9 Å². The van der Waals surface area contributed by atoms with Crippen LogP contribution in [0.1, 0.15) is 47.1 Å². The molecule has 5 aromatic rings. The molecule has 268 valence electrons. The number of thioether (sulfide) groups is 1. The molecule has 5 unspecified atom stereocenters. The number of aliphatic hydroxyl groups is 1. The number of aliphatic hydroxyl groups excluding tert-OH is 1. The number of urea groups is 1. The minimum absolute atomic E-state index is 0.0167. The number of carbonyl (C=O) groups excluding carboxylic acids is 2. The first kappa shape index (κ1) is 36.7. The minimum Gasteiger partial charge on any atom is -0.467 e. The summed E-state index contributed by atoms with van der Waals surface area (Å²) >= 11 is 1.56. The number of nitrogens with one attached hydrogen (secondary N) is 2. The van der Waals surface area contributed by atoms with Crippen molar-refractivity contribution < 1.29 is 28.9 Å². The van der Waals surface area contributed by atoms with Crippen LogP contribution < -0.4 is 10.6 Å². The molecule has 6 rings (SSSR count). The Bertz CT molecular complexity index is 1900. The lowest BCUT2D eigenvalue weighted by molar-refractivity contribution is -0.268. The van der Waals surface area contributed by atoms with Gasteiger partial charge in [0.2, 0.25) is 0 Å². The average Bonchev–Trinajstić information content (AvgIpc) is 3.20. The van der Waals surface area contributed by atoms with E-state index in [1.807, 2.05) is 103 Å². The first-order chi connectivity index (χ1) is 25.4. The molecular formula is C41H42N4O6S. The molecule has 1 saturated heterocycles. The summed E-state index contributed by atoms with van der Waals surface area (Å²) in [6.07, 6.45) is 2.83. The summed E-state index contributed by atoms with van der Waals surface area (Å²) in [6.45, 7) is 2.39. The third-order valence-corrected chi connectivity index (χ3v) is 9.98. The van der Waals surface area contributed by atoms with Crippen molar-refractivity contribution in [1.29, 1.82) is 0 Å². The lowest BCUT2D eigenvalue weighted by Gasteiger charge is -2.41. The second-order valence-corrected chi connectivity index (χ2v) is 13.6. The topological polar surface area (TPSA) is 132 Å². The fourth-order valence-corrected chi connectivity index (χ4v) is 7.06. The molecule has 0 aliphatic carbocycles. The molecule has 0 spiro atoms. The van der Waals surface area contributed by atoms with E-state index < -0.39 is 24.3 Å². The maximum Gasteiger partial charge on any atom is 0.328 e. The van der Waals surface area contributed by atoms with Crippen molar-refractivity contribution in [2.75, 3.05) is 12.9 Å². The highest BCUT2D eigenvalue weighted by Crippen LogP contribution is 2.43. The molecule has 3 N–H and O–H groups in total. The quantitative estimate of drug-likeness (QED) is 0.0683. The van der Waals surface area contributed by atoms with Crippen molar-refractivity contribution in [2.24, 2.45) is 5.92 Å². The molecular weight excluding hydrogens is 677 g/mol. The molecule has 10 nitrogen and oxygen atoms in total. The fraction of sp³-hybridized carbons (Fsp3) is 0.268. The van der Waals surface area contributed by atoms with E-state index in [-0.39, 0.29) is 31.3 Å². The Morgan fingerprint density at radius 2 is 1.54 bits per heavy atom. The Hall–Kier alpha value is -5.07. The number of ether oxygens (including phenoxy) is 3. The number of rotatable bonds is 13. The Morgan fingerprint density at radius 1 is 0.827 bits per heavy atom. The lowest BCUT2D eigenvalue weighted by Crippen LogP contribution is -2.47. The first-order valence-electron chi connectivity index (χ1n) is 17.2. The van der Waals surface area contributed by atoms with E-state index in [2.05, 4.69) is 27.5 Å². The van der Waals surface area contributed by atoms with Crippen LogP contribution in [0.3, 0.4) is 0 Å². The molecule has 5 atom stereocenters. The maximum atomic E-state index is 12.8. The van der Waals surface area contributed by atoms with Gasteiger partial charge in [-0.1, -0.05) is 116 Å². The van der Waals surface area contributed by atoms with Gasteiger partial charge in [0.15, 0.2) is 11.4 Å². The SMILES string of the molecule is COC(=O)C(Cc1ccccc1)NC(=O)NCc1cccc(-c2ccc(C3OC(CSc4ncccn4)C(C)C(c4ccc(CO)cc4)O3)cc2)c1. The van der Waals surface area contributed by atoms with Gasteiger partial charge in [0.1, 0.15) is 6.04 Å². The van der Waals surface area contributed by atoms with Gasteiger partial charge in [-0.15, -0.1) is 0 Å². The zero-order valence-electron chi connectivity index (χ0n) is 29.1. The number of methoxy groups -OCH3 is 1. The van der Waals surface area contributed by atoms with Gasteiger partial charge in [0.25, 0.3) is 0 Å². The second kappa shape index (κ2) is 17.9. The summed E-state index contributed by atoms with van der Waals surface area (Å²) in [7, 11) is 1.31. The van der Waals surface area contributed by atoms with Crippen molar-refractivity contribution in [3.63, 3.8) is 0 Å². The number of aromatic nitrogens is 2. The Morgan fingerprint density at radius 3 is 2.25 bits per heavy atom. The summed E-state index contributed by atoms with van der Waals surface area (Å²) in [6, 6.07) is 33.9. The molecule has 0 bridgehead atoms. The third-order valence-electron chi connectivity index (χ3n) is 9.01. The predicted molar refractivity (Wildman–Crippen MR) is 199 cm³/mol. The average molecular weight is 719 g/mol. The van der Waals surface area contributed by atoms with Gasteiger partial charge < -0.3 is 30.0 Å². The van der Waals surface area contributed by atoms with Crippen LogP contribution in [0.5, 0.6) is 0 Å². The van der Waals surface area contributed by atoms with Crippen LogP contribution in [0.25, 0.3) is 11.1 Å². The highest BCUT2D eigenvalue weighted by atomic mass is 32.2. The molecule has 1 fully saturated rings. The van der Waals surface area contributed by atoms with Crippen LogP contribution in [-0.2, 0) is 38.6 Å². The highest BCUT2D eigenvalue weighted by Gasteiger charge is 2.38. The smallest absolute Gasteiger partial charge is 0.328 e. The van der Waals surface area contributed by atoms with Gasteiger partial charge in [-0.05, 0) is 45.5 Å². The van der Waals surface area contributed by atoms with Gasteiger partial charge in [-0.3, -0.25) is 0 Å². The third kappa shape index (κ3) is 9.62. The van der Waals surface area contributed by atoms with Crippen molar-refractivity contribution in [3.8, 4) is 11.1 Å². The lowest BCUT2D eigenvalue weighted by atomic mass is 9.91. The Kier molecular flexibility index (Phi) is 12.7. The normalized spacial score (nSPS) is 19.0. The molecule has 0 saturated carbocycles. The van der Waals surface area contributed by atoms with Crippen molar-refractivity contribution >= 4 is 23.8 Å². The van der Waals surface area contributed by atoms with Gasteiger partial charge in [-0.2, -0.15) is 0 Å². The van der Waals surface area contributed by atoms with E-state index in [9.17, 15) is 14.7 Å². The predicted octanol–water partition coefficient (Wildman–Crippen LogP) is 6.80. The van der Waals surface area contributed by atoms with Gasteiger partial charge in [0.05, 0.1) is 25.9 Å². The van der Waals surface area contributed by atoms with Gasteiger partial charge >= 0.3 is 12.0 Å². The number of amides is 2. The first-order valence-corrected chi connectivity index (χ1v) is 18.1. The Labute approximate surface area is 308 Å². The van der Waals surface area contributed by atoms with E-state index in [4.69, 9.17) is 14.2 Å². The monoisotopic (exact) mass is 718 g/mol. The van der Waals surface area contributed by atoms with Crippen molar-refractivity contribution in [1.82, 2.24) is 20.6 Å². The van der Waals surface area contributed by atoms with Gasteiger partial charge in [-0.25, -0.2) is 19.6 Å². The number of esters is 1. The number of hydrogen-bond donors (Lipinski definition) is 3. The molecule has 1 aliphatic heterocycles. The molecule has 11 heteroatoms. The zero-order chi connectivity index (χ0) is 36.3.